The molecule has 0 fully saturated rings. The fraction of sp³-hybridized carbons (Fsp3) is 0.333. The second-order valence-electron chi connectivity index (χ2n) is 3.48. The molecule has 1 rings (SSSR count). The molecule has 0 amide bonds. The van der Waals surface area contributed by atoms with Crippen LogP contribution in [0.3, 0.4) is 0 Å². The molecule has 5 N–H and O–H groups in total. The molecule has 3 heteroatoms. The fourth-order valence-corrected chi connectivity index (χ4v) is 1.32. The van der Waals surface area contributed by atoms with Gasteiger partial charge >= 0.3 is 0 Å². The largest absolute Gasteiger partial charge is 0.403 e. The molecule has 0 atom stereocenters. The Labute approximate surface area is 91.2 Å². The van der Waals surface area contributed by atoms with Crippen LogP contribution in [0, 0.1) is 0 Å². The molecule has 0 unspecified atom stereocenters. The zero-order chi connectivity index (χ0) is 11.1. The van der Waals surface area contributed by atoms with E-state index in [1.54, 1.807) is 6.20 Å². The summed E-state index contributed by atoms with van der Waals surface area (Å²) in [6.45, 7) is 3.11. The Morgan fingerprint density at radius 2 is 2.00 bits per heavy atom. The predicted molar refractivity (Wildman–Crippen MR) is 65.9 cm³/mol. The number of nitrogens with two attached hydrogens (primary N) is 2. The second kappa shape index (κ2) is 5.96. The Morgan fingerprint density at radius 1 is 1.33 bits per heavy atom. The number of unbranched alkanes of at least 4 members (excludes halogenated alkanes) is 1. The van der Waals surface area contributed by atoms with Gasteiger partial charge in [0, 0.05) is 18.4 Å². The molecule has 0 aliphatic carbocycles. The summed E-state index contributed by atoms with van der Waals surface area (Å²) >= 11 is 0. The minimum atomic E-state index is 0.767. The van der Waals surface area contributed by atoms with Crippen molar-refractivity contribution in [3.63, 3.8) is 0 Å². The first kappa shape index (κ1) is 11.4. The van der Waals surface area contributed by atoms with Crippen LogP contribution in [-0.2, 0) is 0 Å². The van der Waals surface area contributed by atoms with Crippen molar-refractivity contribution in [2.75, 3.05) is 12.3 Å². The van der Waals surface area contributed by atoms with Crippen LogP contribution in [0.2, 0.25) is 0 Å². The summed E-state index contributed by atoms with van der Waals surface area (Å²) in [5, 5.41) is 3.30. The summed E-state index contributed by atoms with van der Waals surface area (Å²) in [5.41, 5.74) is 14.0. The third kappa shape index (κ3) is 3.54. The zero-order valence-corrected chi connectivity index (χ0v) is 9.16. The van der Waals surface area contributed by atoms with Crippen LogP contribution in [-0.4, -0.2) is 6.54 Å². The van der Waals surface area contributed by atoms with E-state index in [0.717, 1.165) is 29.9 Å². The Morgan fingerprint density at radius 3 is 2.53 bits per heavy atom. The average Bonchev–Trinajstić information content (AvgIpc) is 2.26. The van der Waals surface area contributed by atoms with Crippen molar-refractivity contribution in [2.45, 2.75) is 19.8 Å². The third-order valence-corrected chi connectivity index (χ3v) is 2.23. The van der Waals surface area contributed by atoms with Crippen molar-refractivity contribution in [3.8, 4) is 0 Å². The summed E-state index contributed by atoms with van der Waals surface area (Å²) in [6.07, 6.45) is 3.92. The topological polar surface area (TPSA) is 64.1 Å². The lowest BCUT2D eigenvalue weighted by molar-refractivity contribution is 0.744. The minimum absolute atomic E-state index is 0.767. The molecule has 0 radical (unpaired) electrons. The average molecular weight is 205 g/mol. The van der Waals surface area contributed by atoms with Gasteiger partial charge in [0.05, 0.1) is 5.70 Å². The van der Waals surface area contributed by atoms with Gasteiger partial charge in [-0.1, -0.05) is 25.5 Å². The quantitative estimate of drug-likeness (QED) is 0.508. The first-order valence-electron chi connectivity index (χ1n) is 5.29. The summed E-state index contributed by atoms with van der Waals surface area (Å²) in [6, 6.07) is 7.68. The molecule has 0 heterocycles. The van der Waals surface area contributed by atoms with Crippen LogP contribution in [0.25, 0.3) is 5.70 Å². The SMILES string of the molecule is CCCCN/C(=C\N)c1ccc(N)cc1. The van der Waals surface area contributed by atoms with Crippen molar-refractivity contribution in [3.05, 3.63) is 36.0 Å². The highest BCUT2D eigenvalue weighted by Gasteiger charge is 1.99. The molecule has 0 aromatic heterocycles. The molecule has 15 heavy (non-hydrogen) atoms. The van der Waals surface area contributed by atoms with Crippen molar-refractivity contribution >= 4 is 11.4 Å². The maximum Gasteiger partial charge on any atom is 0.0571 e. The van der Waals surface area contributed by atoms with E-state index in [2.05, 4.69) is 12.2 Å². The highest BCUT2D eigenvalue weighted by atomic mass is 14.9. The number of hydrogen-bond acceptors (Lipinski definition) is 3. The Bertz CT molecular complexity index is 314. The van der Waals surface area contributed by atoms with Gasteiger partial charge in [-0.25, -0.2) is 0 Å². The lowest BCUT2D eigenvalue weighted by atomic mass is 10.1. The van der Waals surface area contributed by atoms with E-state index in [1.807, 2.05) is 24.3 Å². The fourth-order valence-electron chi connectivity index (χ4n) is 1.32. The third-order valence-electron chi connectivity index (χ3n) is 2.23. The molecular weight excluding hydrogens is 186 g/mol. The summed E-state index contributed by atoms with van der Waals surface area (Å²) in [5.74, 6) is 0. The van der Waals surface area contributed by atoms with E-state index in [9.17, 15) is 0 Å². The highest BCUT2D eigenvalue weighted by Crippen LogP contribution is 2.12. The van der Waals surface area contributed by atoms with Crippen LogP contribution in [0.4, 0.5) is 5.69 Å². The molecule has 82 valence electrons. The lowest BCUT2D eigenvalue weighted by Gasteiger charge is -2.10. The minimum Gasteiger partial charge on any atom is -0.403 e. The van der Waals surface area contributed by atoms with Gasteiger partial charge in [0.2, 0.25) is 0 Å². The number of rotatable bonds is 5. The van der Waals surface area contributed by atoms with Gasteiger partial charge in [-0.05, 0) is 24.1 Å². The normalized spacial score (nSPS) is 11.4. The first-order valence-corrected chi connectivity index (χ1v) is 5.29. The van der Waals surface area contributed by atoms with Crippen LogP contribution < -0.4 is 16.8 Å². The molecule has 1 aromatic carbocycles. The van der Waals surface area contributed by atoms with Gasteiger partial charge in [0.1, 0.15) is 0 Å². The number of benzene rings is 1. The van der Waals surface area contributed by atoms with E-state index >= 15 is 0 Å². The Kier molecular flexibility index (Phi) is 4.54. The molecule has 0 bridgehead atoms. The summed E-state index contributed by atoms with van der Waals surface area (Å²) < 4.78 is 0. The highest BCUT2D eigenvalue weighted by molar-refractivity contribution is 5.64. The molecule has 0 aliphatic heterocycles. The number of anilines is 1. The number of nitrogen functional groups attached to an aromatic ring is 1. The van der Waals surface area contributed by atoms with Crippen LogP contribution in [0.5, 0.6) is 0 Å². The zero-order valence-electron chi connectivity index (χ0n) is 9.16. The molecule has 1 aromatic rings. The van der Waals surface area contributed by atoms with Gasteiger partial charge in [0.15, 0.2) is 0 Å². The van der Waals surface area contributed by atoms with Crippen molar-refractivity contribution in [1.82, 2.24) is 5.32 Å². The van der Waals surface area contributed by atoms with Crippen molar-refractivity contribution in [1.29, 1.82) is 0 Å². The number of nitrogens with one attached hydrogen (secondary N) is 1. The molecular formula is C12H19N3. The van der Waals surface area contributed by atoms with Crippen LogP contribution in [0.15, 0.2) is 30.5 Å². The summed E-state index contributed by atoms with van der Waals surface area (Å²) in [4.78, 5) is 0. The molecule has 0 spiro atoms. The van der Waals surface area contributed by atoms with Crippen molar-refractivity contribution < 1.29 is 0 Å². The van der Waals surface area contributed by atoms with E-state index in [-0.39, 0.29) is 0 Å². The predicted octanol–water partition coefficient (Wildman–Crippen LogP) is 1.92. The van der Waals surface area contributed by atoms with E-state index in [1.165, 1.54) is 6.42 Å². The maximum atomic E-state index is 5.62. The van der Waals surface area contributed by atoms with Gasteiger partial charge in [-0.3, -0.25) is 0 Å². The van der Waals surface area contributed by atoms with Gasteiger partial charge < -0.3 is 16.8 Å². The smallest absolute Gasteiger partial charge is 0.0571 e. The molecule has 0 saturated carbocycles. The first-order chi connectivity index (χ1) is 7.27. The van der Waals surface area contributed by atoms with E-state index < -0.39 is 0 Å². The molecule has 3 nitrogen and oxygen atoms in total. The molecule has 0 aliphatic rings. The van der Waals surface area contributed by atoms with Gasteiger partial charge in [0.25, 0.3) is 0 Å². The van der Waals surface area contributed by atoms with Crippen molar-refractivity contribution in [2.24, 2.45) is 5.73 Å². The Balaban J connectivity index is 2.63. The lowest BCUT2D eigenvalue weighted by Crippen LogP contribution is -2.14. The summed E-state index contributed by atoms with van der Waals surface area (Å²) in [7, 11) is 0. The van der Waals surface area contributed by atoms with Crippen LogP contribution in [0.1, 0.15) is 25.3 Å². The monoisotopic (exact) mass is 205 g/mol. The Hall–Kier alpha value is -1.64. The van der Waals surface area contributed by atoms with E-state index in [0.29, 0.717) is 0 Å². The molecule has 0 saturated heterocycles. The standard InChI is InChI=1S/C12H19N3/c1-2-3-8-15-12(9-13)10-4-6-11(14)7-5-10/h4-7,9,15H,2-3,8,13-14H2,1H3/b12-9-. The van der Waals surface area contributed by atoms with Gasteiger partial charge in [-0.15, -0.1) is 0 Å². The van der Waals surface area contributed by atoms with Crippen LogP contribution >= 0.6 is 0 Å². The second-order valence-corrected chi connectivity index (χ2v) is 3.48. The number of hydrogen-bond donors (Lipinski definition) is 3. The maximum absolute atomic E-state index is 5.62. The van der Waals surface area contributed by atoms with Gasteiger partial charge in [-0.2, -0.15) is 0 Å². The van der Waals surface area contributed by atoms with E-state index in [4.69, 9.17) is 11.5 Å².